The van der Waals surface area contributed by atoms with Crippen molar-refractivity contribution in [2.75, 3.05) is 20.0 Å². The lowest BCUT2D eigenvalue weighted by Gasteiger charge is -2.11. The van der Waals surface area contributed by atoms with Crippen LogP contribution in [-0.2, 0) is 4.79 Å². The van der Waals surface area contributed by atoms with Crippen LogP contribution in [0.3, 0.4) is 0 Å². The monoisotopic (exact) mass is 222 g/mol. The minimum absolute atomic E-state index is 0.140. The van der Waals surface area contributed by atoms with E-state index in [0.29, 0.717) is 22.7 Å². The molecule has 0 amide bonds. The Morgan fingerprint density at radius 1 is 1.25 bits per heavy atom. The molecule has 0 fully saturated rings. The lowest BCUT2D eigenvalue weighted by atomic mass is 10.0. The van der Waals surface area contributed by atoms with Crippen molar-refractivity contribution in [1.29, 1.82) is 5.41 Å². The highest BCUT2D eigenvalue weighted by molar-refractivity contribution is 6.45. The number of ketones is 1. The zero-order chi connectivity index (χ0) is 12.3. The van der Waals surface area contributed by atoms with Crippen molar-refractivity contribution < 1.29 is 14.3 Å². The first-order valence-corrected chi connectivity index (χ1v) is 4.62. The van der Waals surface area contributed by atoms with Gasteiger partial charge in [0.15, 0.2) is 17.3 Å². The number of anilines is 1. The predicted octanol–water partition coefficient (Wildman–Crippen LogP) is 1.24. The number of hydrogen-bond donors (Lipinski definition) is 2. The van der Waals surface area contributed by atoms with Crippen molar-refractivity contribution in [2.45, 2.75) is 6.92 Å². The van der Waals surface area contributed by atoms with Gasteiger partial charge in [-0.2, -0.15) is 0 Å². The predicted molar refractivity (Wildman–Crippen MR) is 61.5 cm³/mol. The number of methoxy groups -OCH3 is 2. The van der Waals surface area contributed by atoms with Crippen LogP contribution >= 0.6 is 0 Å². The number of carbonyl (C=O) groups is 1. The molecule has 0 bridgehead atoms. The number of nitrogen functional groups attached to an aromatic ring is 1. The number of nitrogens with one attached hydrogen (secondary N) is 1. The number of benzene rings is 1. The van der Waals surface area contributed by atoms with Gasteiger partial charge in [0, 0.05) is 24.2 Å². The first-order valence-electron chi connectivity index (χ1n) is 4.62. The van der Waals surface area contributed by atoms with E-state index in [1.54, 1.807) is 0 Å². The molecule has 1 aromatic rings. The number of rotatable bonds is 4. The van der Waals surface area contributed by atoms with E-state index in [1.165, 1.54) is 33.3 Å². The summed E-state index contributed by atoms with van der Waals surface area (Å²) in [6.45, 7) is 1.32. The summed E-state index contributed by atoms with van der Waals surface area (Å²) in [6, 6.07) is 3.06. The van der Waals surface area contributed by atoms with Gasteiger partial charge < -0.3 is 15.2 Å². The molecule has 86 valence electrons. The summed E-state index contributed by atoms with van der Waals surface area (Å²) < 4.78 is 10.1. The molecule has 0 atom stereocenters. The van der Waals surface area contributed by atoms with Crippen LogP contribution in [0.5, 0.6) is 11.5 Å². The fourth-order valence-electron chi connectivity index (χ4n) is 1.30. The average molecular weight is 222 g/mol. The number of Topliss-reactive ketones (excluding diaryl/α,β-unsaturated/α-hetero) is 1. The summed E-state index contributed by atoms with van der Waals surface area (Å²) in [7, 11) is 2.97. The normalized spacial score (nSPS) is 9.69. The topological polar surface area (TPSA) is 85.4 Å². The third kappa shape index (κ3) is 2.13. The Balaban J connectivity index is 3.32. The van der Waals surface area contributed by atoms with E-state index >= 15 is 0 Å². The Morgan fingerprint density at radius 3 is 2.19 bits per heavy atom. The van der Waals surface area contributed by atoms with Crippen LogP contribution in [0.25, 0.3) is 0 Å². The van der Waals surface area contributed by atoms with Crippen LogP contribution < -0.4 is 15.2 Å². The van der Waals surface area contributed by atoms with Gasteiger partial charge in [0.1, 0.15) is 5.71 Å². The van der Waals surface area contributed by atoms with Crippen LogP contribution in [-0.4, -0.2) is 25.7 Å². The van der Waals surface area contributed by atoms with Crippen LogP contribution in [0, 0.1) is 5.41 Å². The quantitative estimate of drug-likeness (QED) is 0.593. The minimum Gasteiger partial charge on any atom is -0.493 e. The van der Waals surface area contributed by atoms with Crippen LogP contribution in [0.1, 0.15) is 12.5 Å². The van der Waals surface area contributed by atoms with E-state index < -0.39 is 0 Å². The zero-order valence-corrected chi connectivity index (χ0v) is 9.46. The Labute approximate surface area is 93.7 Å². The maximum absolute atomic E-state index is 11.1. The van der Waals surface area contributed by atoms with E-state index in [0.717, 1.165) is 0 Å². The maximum Gasteiger partial charge on any atom is 0.178 e. The van der Waals surface area contributed by atoms with Gasteiger partial charge in [-0.15, -0.1) is 0 Å². The summed E-state index contributed by atoms with van der Waals surface area (Å²) in [5, 5.41) is 7.60. The fourth-order valence-corrected chi connectivity index (χ4v) is 1.30. The Bertz CT molecular complexity index is 441. The van der Waals surface area contributed by atoms with Gasteiger partial charge in [0.25, 0.3) is 0 Å². The highest BCUT2D eigenvalue weighted by Gasteiger charge is 2.15. The molecule has 16 heavy (non-hydrogen) atoms. The molecule has 0 radical (unpaired) electrons. The SMILES string of the molecule is COc1cc(N)c(C(=N)C(C)=O)cc1OC. The molecule has 0 aliphatic rings. The van der Waals surface area contributed by atoms with Crippen LogP contribution in [0.15, 0.2) is 12.1 Å². The number of carbonyl (C=O) groups excluding carboxylic acids is 1. The molecule has 0 saturated heterocycles. The largest absolute Gasteiger partial charge is 0.493 e. The first kappa shape index (κ1) is 12.0. The van der Waals surface area contributed by atoms with Crippen molar-refractivity contribution in [3.63, 3.8) is 0 Å². The van der Waals surface area contributed by atoms with E-state index in [-0.39, 0.29) is 11.5 Å². The third-order valence-electron chi connectivity index (χ3n) is 2.18. The summed E-state index contributed by atoms with van der Waals surface area (Å²) in [5.74, 6) is 0.566. The van der Waals surface area contributed by atoms with Crippen molar-refractivity contribution >= 4 is 17.2 Å². The Morgan fingerprint density at radius 2 is 1.75 bits per heavy atom. The Hall–Kier alpha value is -2.04. The second-order valence-corrected chi connectivity index (χ2v) is 3.23. The molecule has 1 rings (SSSR count). The van der Waals surface area contributed by atoms with Crippen molar-refractivity contribution in [2.24, 2.45) is 0 Å². The van der Waals surface area contributed by atoms with E-state index in [2.05, 4.69) is 0 Å². The average Bonchev–Trinajstić information content (AvgIpc) is 2.27. The van der Waals surface area contributed by atoms with Crippen molar-refractivity contribution in [1.82, 2.24) is 0 Å². The second kappa shape index (κ2) is 4.65. The van der Waals surface area contributed by atoms with Crippen LogP contribution in [0.2, 0.25) is 0 Å². The fraction of sp³-hybridized carbons (Fsp3) is 0.273. The first-order chi connectivity index (χ1) is 7.51. The van der Waals surface area contributed by atoms with Gasteiger partial charge in [0.05, 0.1) is 14.2 Å². The smallest absolute Gasteiger partial charge is 0.178 e. The lowest BCUT2D eigenvalue weighted by Crippen LogP contribution is -2.12. The number of ether oxygens (including phenoxy) is 2. The van der Waals surface area contributed by atoms with Gasteiger partial charge in [-0.25, -0.2) is 0 Å². The van der Waals surface area contributed by atoms with Gasteiger partial charge in [-0.1, -0.05) is 0 Å². The molecule has 5 nitrogen and oxygen atoms in total. The van der Waals surface area contributed by atoms with Gasteiger partial charge >= 0.3 is 0 Å². The number of nitrogens with two attached hydrogens (primary N) is 1. The molecule has 5 heteroatoms. The molecule has 0 aliphatic heterocycles. The molecule has 0 aromatic heterocycles. The van der Waals surface area contributed by atoms with Crippen molar-refractivity contribution in [3.05, 3.63) is 17.7 Å². The summed E-state index contributed by atoms with van der Waals surface area (Å²) in [5.41, 5.74) is 6.26. The molecule has 1 aromatic carbocycles. The molecule has 0 heterocycles. The van der Waals surface area contributed by atoms with Crippen molar-refractivity contribution in [3.8, 4) is 11.5 Å². The molecule has 0 unspecified atom stereocenters. The molecule has 0 aliphatic carbocycles. The summed E-state index contributed by atoms with van der Waals surface area (Å²) >= 11 is 0. The minimum atomic E-state index is -0.348. The summed E-state index contributed by atoms with van der Waals surface area (Å²) in [6.07, 6.45) is 0. The lowest BCUT2D eigenvalue weighted by molar-refractivity contribution is -0.111. The highest BCUT2D eigenvalue weighted by Crippen LogP contribution is 2.32. The second-order valence-electron chi connectivity index (χ2n) is 3.23. The standard InChI is InChI=1S/C11H14N2O3/c1-6(14)11(13)7-4-9(15-2)10(16-3)5-8(7)12/h4-5,13H,12H2,1-3H3. The maximum atomic E-state index is 11.1. The molecular formula is C11H14N2O3. The van der Waals surface area contributed by atoms with Crippen LogP contribution in [0.4, 0.5) is 5.69 Å². The highest BCUT2D eigenvalue weighted by atomic mass is 16.5. The van der Waals surface area contributed by atoms with E-state index in [4.69, 9.17) is 20.6 Å². The molecule has 3 N–H and O–H groups in total. The molecular weight excluding hydrogens is 208 g/mol. The van der Waals surface area contributed by atoms with E-state index in [9.17, 15) is 4.79 Å². The molecule has 0 saturated carbocycles. The van der Waals surface area contributed by atoms with Gasteiger partial charge in [-0.05, 0) is 6.07 Å². The molecule has 0 spiro atoms. The van der Waals surface area contributed by atoms with E-state index in [1.807, 2.05) is 0 Å². The van der Waals surface area contributed by atoms with Gasteiger partial charge in [-0.3, -0.25) is 10.2 Å². The zero-order valence-electron chi connectivity index (χ0n) is 9.46. The number of hydrogen-bond acceptors (Lipinski definition) is 5. The third-order valence-corrected chi connectivity index (χ3v) is 2.18. The summed E-state index contributed by atoms with van der Waals surface area (Å²) in [4.78, 5) is 11.1. The van der Waals surface area contributed by atoms with Gasteiger partial charge in [0.2, 0.25) is 0 Å². The Kier molecular flexibility index (Phi) is 3.50.